The van der Waals surface area contributed by atoms with Gasteiger partial charge < -0.3 is 14.7 Å². The molecule has 4 aromatic carbocycles. The molecule has 276 valence electrons. The summed E-state index contributed by atoms with van der Waals surface area (Å²) in [4.78, 5) is 33.0. The van der Waals surface area contributed by atoms with E-state index in [9.17, 15) is 4.79 Å². The molecule has 2 aliphatic heterocycles. The molecule has 3 aliphatic rings. The molecule has 6 nitrogen and oxygen atoms in total. The van der Waals surface area contributed by atoms with Gasteiger partial charge in [0.15, 0.2) is 0 Å². The first kappa shape index (κ1) is 34.4. The van der Waals surface area contributed by atoms with E-state index in [0.29, 0.717) is 6.42 Å². The third-order valence-corrected chi connectivity index (χ3v) is 11.7. The van der Waals surface area contributed by atoms with Crippen LogP contribution >= 0.6 is 0 Å². The summed E-state index contributed by atoms with van der Waals surface area (Å²) in [5, 5.41) is 0. The number of rotatable bonds is 5. The van der Waals surface area contributed by atoms with E-state index < -0.39 is 5.41 Å². The van der Waals surface area contributed by atoms with Crippen molar-refractivity contribution in [2.24, 2.45) is 5.41 Å². The summed E-state index contributed by atoms with van der Waals surface area (Å²) in [7, 11) is 1.49. The number of nitrogens with one attached hydrogen (secondary N) is 2. The normalized spacial score (nSPS) is 16.0. The van der Waals surface area contributed by atoms with Crippen LogP contribution in [0.2, 0.25) is 0 Å². The minimum absolute atomic E-state index is 0.253. The first-order chi connectivity index (χ1) is 28.0. The van der Waals surface area contributed by atoms with Crippen LogP contribution in [0, 0.1) is 5.41 Å². The van der Waals surface area contributed by atoms with Crippen LogP contribution in [0.15, 0.2) is 146 Å². The highest BCUT2D eigenvalue weighted by atomic mass is 16.5. The molecule has 57 heavy (non-hydrogen) atoms. The van der Waals surface area contributed by atoms with Crippen molar-refractivity contribution in [3.05, 3.63) is 168 Å². The smallest absolute Gasteiger partial charge is 0.316 e. The fraction of sp³-hybridized carbons (Fsp3) is 0.118. The van der Waals surface area contributed by atoms with Gasteiger partial charge in [-0.25, -0.2) is 9.97 Å². The van der Waals surface area contributed by atoms with Crippen LogP contribution in [0.25, 0.3) is 89.9 Å². The minimum Gasteiger partial charge on any atom is -0.468 e. The Hall–Kier alpha value is -7.05. The minimum atomic E-state index is -0.922. The molecule has 0 saturated carbocycles. The number of aromatic nitrogens is 4. The van der Waals surface area contributed by atoms with E-state index in [0.717, 1.165) is 113 Å². The number of H-pyrrole nitrogens is 2. The van der Waals surface area contributed by atoms with E-state index in [-0.39, 0.29) is 5.97 Å². The number of carbonyl (C=O) groups is 1. The molecule has 6 heteroatoms. The van der Waals surface area contributed by atoms with Gasteiger partial charge in [0, 0.05) is 49.9 Å². The second-order valence-electron chi connectivity index (χ2n) is 15.1. The van der Waals surface area contributed by atoms with E-state index >= 15 is 0 Å². The zero-order chi connectivity index (χ0) is 38.5. The fourth-order valence-corrected chi connectivity index (χ4v) is 9.05. The molecule has 0 amide bonds. The summed E-state index contributed by atoms with van der Waals surface area (Å²) in [5.41, 5.74) is 16.2. The zero-order valence-corrected chi connectivity index (χ0v) is 31.8. The van der Waals surface area contributed by atoms with Crippen molar-refractivity contribution < 1.29 is 9.53 Å². The Morgan fingerprint density at radius 1 is 0.544 bits per heavy atom. The third-order valence-electron chi connectivity index (χ3n) is 11.7. The van der Waals surface area contributed by atoms with Crippen molar-refractivity contribution in [1.29, 1.82) is 0 Å². The molecule has 5 heterocycles. The molecule has 0 radical (unpaired) electrons. The molecule has 2 N–H and O–H groups in total. The van der Waals surface area contributed by atoms with Gasteiger partial charge in [-0.15, -0.1) is 0 Å². The molecule has 7 aromatic rings. The lowest BCUT2D eigenvalue weighted by Gasteiger charge is -2.33. The Morgan fingerprint density at radius 3 is 1.39 bits per heavy atom. The van der Waals surface area contributed by atoms with Crippen LogP contribution in [0.3, 0.4) is 0 Å². The lowest BCUT2D eigenvalue weighted by atomic mass is 9.69. The first-order valence-electron chi connectivity index (χ1n) is 19.5. The number of hydrogen-bond donors (Lipinski definition) is 2. The molecule has 0 saturated heterocycles. The number of esters is 1. The van der Waals surface area contributed by atoms with Crippen molar-refractivity contribution in [3.8, 4) is 44.5 Å². The van der Waals surface area contributed by atoms with Crippen molar-refractivity contribution in [2.45, 2.75) is 26.2 Å². The monoisotopic (exact) mass is 740 g/mol. The van der Waals surface area contributed by atoms with Crippen LogP contribution < -0.4 is 0 Å². The Balaban J connectivity index is 1.46. The molecule has 0 unspecified atom stereocenters. The van der Waals surface area contributed by atoms with Gasteiger partial charge in [-0.1, -0.05) is 121 Å². The van der Waals surface area contributed by atoms with Gasteiger partial charge in [0.1, 0.15) is 0 Å². The van der Waals surface area contributed by atoms with Gasteiger partial charge in [0.2, 0.25) is 0 Å². The largest absolute Gasteiger partial charge is 0.468 e. The van der Waals surface area contributed by atoms with Crippen LogP contribution in [0.5, 0.6) is 0 Å². The molecule has 1 aliphatic carbocycles. The van der Waals surface area contributed by atoms with Crippen LogP contribution in [0.4, 0.5) is 0 Å². The van der Waals surface area contributed by atoms with Crippen LogP contribution in [-0.4, -0.2) is 33.0 Å². The predicted octanol–water partition coefficient (Wildman–Crippen LogP) is 12.4. The van der Waals surface area contributed by atoms with Gasteiger partial charge >= 0.3 is 5.97 Å². The highest BCUT2D eigenvalue weighted by Crippen LogP contribution is 2.55. The number of hydrogen-bond acceptors (Lipinski definition) is 4. The summed E-state index contributed by atoms with van der Waals surface area (Å²) in [6.45, 7) is 2.03. The molecule has 8 bridgehead atoms. The average Bonchev–Trinajstić information content (AvgIpc) is 4.09. The zero-order valence-electron chi connectivity index (χ0n) is 31.8. The lowest BCUT2D eigenvalue weighted by molar-refractivity contribution is -0.148. The predicted molar refractivity (Wildman–Crippen MR) is 232 cm³/mol. The summed E-state index contributed by atoms with van der Waals surface area (Å²) < 4.78 is 5.62. The van der Waals surface area contributed by atoms with E-state index in [4.69, 9.17) is 14.7 Å². The third kappa shape index (κ3) is 5.75. The fourth-order valence-electron chi connectivity index (χ4n) is 9.05. The van der Waals surface area contributed by atoms with Crippen molar-refractivity contribution >= 4 is 51.3 Å². The number of nitrogens with zero attached hydrogens (tertiary/aromatic N) is 2. The van der Waals surface area contributed by atoms with Crippen molar-refractivity contribution in [1.82, 2.24) is 19.9 Å². The summed E-state index contributed by atoms with van der Waals surface area (Å²) in [5.74, 6) is -0.253. The quantitative estimate of drug-likeness (QED) is 0.172. The maximum atomic E-state index is 14.1. The first-order valence-corrected chi connectivity index (χ1v) is 19.5. The summed E-state index contributed by atoms with van der Waals surface area (Å²) >= 11 is 0. The second-order valence-corrected chi connectivity index (χ2v) is 15.1. The number of carbonyl (C=O) groups excluding carboxylic acids is 1. The van der Waals surface area contributed by atoms with Gasteiger partial charge in [-0.2, -0.15) is 0 Å². The molecule has 0 spiro atoms. The Morgan fingerprint density at radius 2 is 0.947 bits per heavy atom. The maximum Gasteiger partial charge on any atom is 0.316 e. The number of aromatic amines is 2. The number of allylic oxidation sites excluding steroid dienone is 1. The topological polar surface area (TPSA) is 83.7 Å². The molecular formula is C51H40N4O2. The molecule has 10 rings (SSSR count). The molecule has 3 aromatic heterocycles. The molecule has 0 fully saturated rings. The van der Waals surface area contributed by atoms with Gasteiger partial charge in [0.05, 0.1) is 35.3 Å². The van der Waals surface area contributed by atoms with E-state index in [1.165, 1.54) is 7.11 Å². The van der Waals surface area contributed by atoms with E-state index in [2.05, 4.69) is 143 Å². The number of methoxy groups -OCH3 is 1. The molecule has 1 atom stereocenters. The summed E-state index contributed by atoms with van der Waals surface area (Å²) in [6.07, 6.45) is 6.51. The maximum absolute atomic E-state index is 14.1. The SMILES string of the molecule is COC(=O)[C@]1(C)CCCC2=C1c1nc2c(-c2ccccc2)c2ccc([nH]2)c(-c2ccccc2)c2nc(c(-c3ccccc3)c3ccc([nH]3)c1-c1ccccc1)C=C2. The van der Waals surface area contributed by atoms with Gasteiger partial charge in [-0.05, 0) is 90.4 Å². The lowest BCUT2D eigenvalue weighted by Crippen LogP contribution is -2.32. The van der Waals surface area contributed by atoms with E-state index in [1.54, 1.807) is 0 Å². The Kier molecular flexibility index (Phi) is 8.40. The Bertz CT molecular complexity index is 2930. The second kappa shape index (κ2) is 13.9. The number of fused-ring (bicyclic) bond motifs is 10. The molecular weight excluding hydrogens is 701 g/mol. The number of ether oxygens (including phenoxy) is 1. The van der Waals surface area contributed by atoms with Crippen molar-refractivity contribution in [2.75, 3.05) is 7.11 Å². The standard InChI is InChI=1S/C51H40N4O2/c1-51(50(56)57-2)31-15-24-36-47(51)49-46(35-22-13-6-14-23-35)42-30-28-40(54-42)44(33-18-9-4-10-19-33)38-26-25-37(52-38)43(32-16-7-3-8-17-32)39-27-29-41(53-39)45(48(36)55-49)34-20-11-5-12-21-34/h3-14,16-23,25-30,53-54H,15,24,31H2,1-2H3/t51-/m1/s1. The Labute approximate surface area is 331 Å². The van der Waals surface area contributed by atoms with Gasteiger partial charge in [0.25, 0.3) is 0 Å². The highest BCUT2D eigenvalue weighted by molar-refractivity contribution is 6.11. The van der Waals surface area contributed by atoms with Crippen LogP contribution in [0.1, 0.15) is 49.0 Å². The van der Waals surface area contributed by atoms with Crippen LogP contribution in [-0.2, 0) is 9.53 Å². The average molecular weight is 741 g/mol. The highest BCUT2D eigenvalue weighted by Gasteiger charge is 2.47. The van der Waals surface area contributed by atoms with E-state index in [1.807, 2.05) is 31.2 Å². The van der Waals surface area contributed by atoms with Gasteiger partial charge in [-0.3, -0.25) is 4.79 Å². The number of benzene rings is 4. The summed E-state index contributed by atoms with van der Waals surface area (Å²) in [6, 6.07) is 50.3. The van der Waals surface area contributed by atoms with Crippen molar-refractivity contribution in [3.63, 3.8) is 0 Å².